The lowest BCUT2D eigenvalue weighted by atomic mass is 9.72. The van der Waals surface area contributed by atoms with Gasteiger partial charge >= 0.3 is 0 Å². The van der Waals surface area contributed by atoms with Gasteiger partial charge in [0.05, 0.1) is 14.1 Å². The summed E-state index contributed by atoms with van der Waals surface area (Å²) in [6.07, 6.45) is 1.16. The van der Waals surface area contributed by atoms with Crippen molar-refractivity contribution in [3.63, 3.8) is 0 Å². The largest absolute Gasteiger partial charge is 0.488 e. The zero-order valence-corrected chi connectivity index (χ0v) is 18.4. The number of likely N-dealkylation sites (N-methyl/N-ethyl adjacent to an activating group) is 1. The highest BCUT2D eigenvalue weighted by Crippen LogP contribution is 2.36. The van der Waals surface area contributed by atoms with Gasteiger partial charge in [0.2, 0.25) is 0 Å². The van der Waals surface area contributed by atoms with Crippen molar-refractivity contribution in [1.29, 1.82) is 0 Å². The molecule has 2 aromatic carbocycles. The van der Waals surface area contributed by atoms with E-state index >= 15 is 0 Å². The second kappa shape index (κ2) is 8.48. The summed E-state index contributed by atoms with van der Waals surface area (Å²) in [7, 11) is 4.52. The molecule has 0 aliphatic carbocycles. The molecule has 0 spiro atoms. The standard InChI is InChI=1S/C25H38NO/c1-24(2,3)20-25(4,5)22-13-15-23(16-14-22)27-18-17-26(6,7)19-21-11-9-8-10-12-21/h8-16H,17-20H2,1-7H3/q+1. The maximum Gasteiger partial charge on any atom is 0.137 e. The zero-order chi connectivity index (χ0) is 20.1. The molecule has 0 amide bonds. The van der Waals surface area contributed by atoms with E-state index in [9.17, 15) is 0 Å². The van der Waals surface area contributed by atoms with Gasteiger partial charge in [0.1, 0.15) is 25.4 Å². The van der Waals surface area contributed by atoms with Gasteiger partial charge in [-0.1, -0.05) is 77.1 Å². The Morgan fingerprint density at radius 1 is 0.815 bits per heavy atom. The van der Waals surface area contributed by atoms with Crippen molar-refractivity contribution in [2.24, 2.45) is 5.41 Å². The molecule has 27 heavy (non-hydrogen) atoms. The fourth-order valence-electron chi connectivity index (χ4n) is 4.00. The average molecular weight is 369 g/mol. The topological polar surface area (TPSA) is 9.23 Å². The van der Waals surface area contributed by atoms with Gasteiger partial charge in [-0.05, 0) is 34.9 Å². The molecular formula is C25H38NO+. The first kappa shape index (κ1) is 21.5. The van der Waals surface area contributed by atoms with Crippen LogP contribution < -0.4 is 4.74 Å². The van der Waals surface area contributed by atoms with E-state index in [0.717, 1.165) is 36.3 Å². The Morgan fingerprint density at radius 2 is 1.41 bits per heavy atom. The van der Waals surface area contributed by atoms with Gasteiger partial charge < -0.3 is 9.22 Å². The number of nitrogens with zero attached hydrogens (tertiary/aromatic N) is 1. The number of ether oxygens (including phenoxy) is 1. The Kier molecular flexibility index (Phi) is 6.75. The van der Waals surface area contributed by atoms with Crippen molar-refractivity contribution in [3.05, 3.63) is 65.7 Å². The molecule has 0 aliphatic rings. The summed E-state index contributed by atoms with van der Waals surface area (Å²) < 4.78 is 6.95. The van der Waals surface area contributed by atoms with E-state index in [1.807, 2.05) is 0 Å². The van der Waals surface area contributed by atoms with Crippen molar-refractivity contribution in [2.75, 3.05) is 27.2 Å². The van der Waals surface area contributed by atoms with E-state index in [2.05, 4.69) is 103 Å². The molecule has 0 saturated heterocycles. The number of hydrogen-bond donors (Lipinski definition) is 0. The Bertz CT molecular complexity index is 693. The normalized spacial score (nSPS) is 12.9. The molecule has 2 rings (SSSR count). The third kappa shape index (κ3) is 7.38. The first-order valence-electron chi connectivity index (χ1n) is 10.1. The van der Waals surface area contributed by atoms with Crippen molar-refractivity contribution in [1.82, 2.24) is 0 Å². The highest BCUT2D eigenvalue weighted by Gasteiger charge is 2.27. The van der Waals surface area contributed by atoms with Crippen LogP contribution in [0.4, 0.5) is 0 Å². The molecule has 0 N–H and O–H groups in total. The molecule has 0 aliphatic heterocycles. The summed E-state index contributed by atoms with van der Waals surface area (Å²) in [6.45, 7) is 14.3. The van der Waals surface area contributed by atoms with Gasteiger partial charge in [-0.15, -0.1) is 0 Å². The Hall–Kier alpha value is -1.80. The first-order valence-corrected chi connectivity index (χ1v) is 10.1. The van der Waals surface area contributed by atoms with Crippen molar-refractivity contribution >= 4 is 0 Å². The molecular weight excluding hydrogens is 330 g/mol. The van der Waals surface area contributed by atoms with E-state index < -0.39 is 0 Å². The minimum atomic E-state index is 0.172. The van der Waals surface area contributed by atoms with Crippen LogP contribution in [0.5, 0.6) is 5.75 Å². The molecule has 2 heteroatoms. The van der Waals surface area contributed by atoms with Crippen molar-refractivity contribution in [3.8, 4) is 5.75 Å². The second-order valence-electron chi connectivity index (χ2n) is 10.3. The molecule has 0 bridgehead atoms. The number of hydrogen-bond acceptors (Lipinski definition) is 1. The fraction of sp³-hybridized carbons (Fsp3) is 0.520. The highest BCUT2D eigenvalue weighted by atomic mass is 16.5. The average Bonchev–Trinajstić information content (AvgIpc) is 2.53. The summed E-state index contributed by atoms with van der Waals surface area (Å²) in [5.41, 5.74) is 3.24. The quantitative estimate of drug-likeness (QED) is 0.515. The van der Waals surface area contributed by atoms with E-state index in [-0.39, 0.29) is 5.41 Å². The lowest BCUT2D eigenvalue weighted by Gasteiger charge is -2.33. The summed E-state index contributed by atoms with van der Waals surface area (Å²) in [5, 5.41) is 0. The Morgan fingerprint density at radius 3 is 1.96 bits per heavy atom. The SMILES string of the molecule is CC(C)(C)CC(C)(C)c1ccc(OCC[N+](C)(C)Cc2ccccc2)cc1. The molecule has 2 aromatic rings. The summed E-state index contributed by atoms with van der Waals surface area (Å²) >= 11 is 0. The molecule has 148 valence electrons. The van der Waals surface area contributed by atoms with Crippen LogP contribution in [0.25, 0.3) is 0 Å². The van der Waals surface area contributed by atoms with E-state index in [0.29, 0.717) is 5.41 Å². The zero-order valence-electron chi connectivity index (χ0n) is 18.4. The van der Waals surface area contributed by atoms with Gasteiger partial charge in [-0.2, -0.15) is 0 Å². The van der Waals surface area contributed by atoms with Crippen LogP contribution >= 0.6 is 0 Å². The van der Waals surface area contributed by atoms with E-state index in [1.54, 1.807) is 0 Å². The smallest absolute Gasteiger partial charge is 0.137 e. The molecule has 2 nitrogen and oxygen atoms in total. The molecule has 0 aromatic heterocycles. The first-order chi connectivity index (χ1) is 12.5. The van der Waals surface area contributed by atoms with Crippen LogP contribution in [0.3, 0.4) is 0 Å². The van der Waals surface area contributed by atoms with Crippen LogP contribution in [-0.4, -0.2) is 31.7 Å². The highest BCUT2D eigenvalue weighted by molar-refractivity contribution is 5.31. The molecule has 0 saturated carbocycles. The Labute approximate surface area is 166 Å². The molecule has 0 unspecified atom stereocenters. The van der Waals surface area contributed by atoms with Crippen molar-refractivity contribution in [2.45, 2.75) is 53.0 Å². The predicted octanol–water partition coefficient (Wildman–Crippen LogP) is 6.06. The minimum absolute atomic E-state index is 0.172. The van der Waals surface area contributed by atoms with Crippen molar-refractivity contribution < 1.29 is 9.22 Å². The molecule has 0 fully saturated rings. The summed E-state index contributed by atoms with van der Waals surface area (Å²) in [6, 6.07) is 19.4. The van der Waals surface area contributed by atoms with Crippen LogP contribution in [0.15, 0.2) is 54.6 Å². The number of benzene rings is 2. The third-order valence-corrected chi connectivity index (χ3v) is 5.03. The van der Waals surface area contributed by atoms with Crippen LogP contribution in [0.1, 0.15) is 52.2 Å². The van der Waals surface area contributed by atoms with Gasteiger partial charge in [0, 0.05) is 5.56 Å². The van der Waals surface area contributed by atoms with E-state index in [1.165, 1.54) is 11.1 Å². The predicted molar refractivity (Wildman–Crippen MR) is 116 cm³/mol. The van der Waals surface area contributed by atoms with Gasteiger partial charge in [0.25, 0.3) is 0 Å². The summed E-state index contributed by atoms with van der Waals surface area (Å²) in [5.74, 6) is 0.963. The molecule has 0 atom stereocenters. The van der Waals surface area contributed by atoms with Crippen LogP contribution in [0.2, 0.25) is 0 Å². The number of quaternary nitrogens is 1. The molecule has 0 heterocycles. The minimum Gasteiger partial charge on any atom is -0.488 e. The lowest BCUT2D eigenvalue weighted by Crippen LogP contribution is -2.41. The number of rotatable bonds is 8. The monoisotopic (exact) mass is 368 g/mol. The second-order valence-corrected chi connectivity index (χ2v) is 10.3. The maximum absolute atomic E-state index is 6.03. The molecule has 0 radical (unpaired) electrons. The van der Waals surface area contributed by atoms with E-state index in [4.69, 9.17) is 4.74 Å². The van der Waals surface area contributed by atoms with Crippen LogP contribution in [-0.2, 0) is 12.0 Å². The lowest BCUT2D eigenvalue weighted by molar-refractivity contribution is -0.903. The van der Waals surface area contributed by atoms with Crippen LogP contribution in [0, 0.1) is 5.41 Å². The summed E-state index contributed by atoms with van der Waals surface area (Å²) in [4.78, 5) is 0. The van der Waals surface area contributed by atoms with Gasteiger partial charge in [-0.25, -0.2) is 0 Å². The van der Waals surface area contributed by atoms with Gasteiger partial charge in [-0.3, -0.25) is 0 Å². The third-order valence-electron chi connectivity index (χ3n) is 5.03. The maximum atomic E-state index is 6.03. The Balaban J connectivity index is 1.88. The fourth-order valence-corrected chi connectivity index (χ4v) is 4.00. The van der Waals surface area contributed by atoms with Gasteiger partial charge in [0.15, 0.2) is 0 Å².